The molecule has 0 aliphatic heterocycles. The first kappa shape index (κ1) is 35.9. The van der Waals surface area contributed by atoms with Crippen LogP contribution in [0.3, 0.4) is 0 Å². The Bertz CT molecular complexity index is 3710. The van der Waals surface area contributed by atoms with E-state index >= 15 is 0 Å². The van der Waals surface area contributed by atoms with Gasteiger partial charge in [-0.25, -0.2) is 0 Å². The highest BCUT2D eigenvalue weighted by Gasteiger charge is 2.46. The number of thiophene rings is 1. The second-order valence-corrected chi connectivity index (χ2v) is 17.8. The molecule has 11 aromatic carbocycles. The molecule has 1 aliphatic rings. The van der Waals surface area contributed by atoms with Crippen LogP contribution in [0.1, 0.15) is 22.3 Å². The van der Waals surface area contributed by atoms with Crippen LogP contribution >= 0.6 is 11.3 Å². The van der Waals surface area contributed by atoms with Gasteiger partial charge in [0, 0.05) is 42.5 Å². The normalized spacial score (nSPS) is 12.9. The van der Waals surface area contributed by atoms with Crippen LogP contribution in [0.4, 0.5) is 17.1 Å². The molecule has 2 heteroatoms. The van der Waals surface area contributed by atoms with Gasteiger partial charge in [-0.15, -0.1) is 11.3 Å². The van der Waals surface area contributed by atoms with Crippen LogP contribution < -0.4 is 4.90 Å². The highest BCUT2D eigenvalue weighted by atomic mass is 32.1. The molecule has 0 fully saturated rings. The molecule has 0 unspecified atom stereocenters. The number of nitrogens with zero attached hydrogens (tertiary/aromatic N) is 1. The van der Waals surface area contributed by atoms with E-state index in [2.05, 4.69) is 241 Å². The van der Waals surface area contributed by atoms with E-state index < -0.39 is 5.41 Å². The fourth-order valence-electron chi connectivity index (χ4n) is 10.9. The molecule has 1 aliphatic carbocycles. The quantitative estimate of drug-likeness (QED) is 0.151. The van der Waals surface area contributed by atoms with Gasteiger partial charge in [0.15, 0.2) is 0 Å². The summed E-state index contributed by atoms with van der Waals surface area (Å²) in [6.45, 7) is 0. The Kier molecular flexibility index (Phi) is 8.06. The lowest BCUT2D eigenvalue weighted by Gasteiger charge is -2.34. The molecule has 0 N–H and O–H groups in total. The number of hydrogen-bond acceptors (Lipinski definition) is 2. The predicted molar refractivity (Wildman–Crippen MR) is 269 cm³/mol. The van der Waals surface area contributed by atoms with Crippen LogP contribution in [-0.2, 0) is 5.41 Å². The molecule has 13 rings (SSSR count). The molecule has 1 nitrogen and oxygen atoms in total. The van der Waals surface area contributed by atoms with E-state index in [1.54, 1.807) is 0 Å². The van der Waals surface area contributed by atoms with E-state index in [0.29, 0.717) is 0 Å². The lowest BCUT2D eigenvalue weighted by molar-refractivity contribution is 0.768. The van der Waals surface area contributed by atoms with E-state index in [1.807, 2.05) is 11.3 Å². The highest BCUT2D eigenvalue weighted by molar-refractivity contribution is 7.25. The Morgan fingerprint density at radius 3 is 1.62 bits per heavy atom. The Morgan fingerprint density at radius 1 is 0.317 bits per heavy atom. The molecule has 0 amide bonds. The SMILES string of the molecule is c1ccc(C2(c3ccccc3)c3ccccc3-c3cc(N(c4ccc5sc6ccccc6c5c4)c4c(-c5cccc6ccccc56)c5ccccc5c5ccccc45)ccc32)cc1. The summed E-state index contributed by atoms with van der Waals surface area (Å²) in [5, 5.41) is 9.94. The highest BCUT2D eigenvalue weighted by Crippen LogP contribution is 2.58. The minimum Gasteiger partial charge on any atom is -0.309 e. The Morgan fingerprint density at radius 2 is 0.841 bits per heavy atom. The predicted octanol–water partition coefficient (Wildman–Crippen LogP) is 17.0. The van der Waals surface area contributed by atoms with Crippen molar-refractivity contribution in [2.75, 3.05) is 4.90 Å². The summed E-state index contributed by atoms with van der Waals surface area (Å²) in [5.41, 5.74) is 13.0. The maximum Gasteiger partial charge on any atom is 0.0713 e. The van der Waals surface area contributed by atoms with Gasteiger partial charge in [-0.2, -0.15) is 0 Å². The van der Waals surface area contributed by atoms with Crippen LogP contribution in [0.2, 0.25) is 0 Å². The van der Waals surface area contributed by atoms with Crippen molar-refractivity contribution < 1.29 is 0 Å². The lowest BCUT2D eigenvalue weighted by Crippen LogP contribution is -2.28. The van der Waals surface area contributed by atoms with Crippen molar-refractivity contribution in [1.82, 2.24) is 0 Å². The minimum absolute atomic E-state index is 0.490. The maximum absolute atomic E-state index is 2.58. The average molecular weight is 818 g/mol. The second kappa shape index (κ2) is 14.1. The second-order valence-electron chi connectivity index (χ2n) is 16.7. The van der Waals surface area contributed by atoms with Crippen molar-refractivity contribution in [1.29, 1.82) is 0 Å². The molecule has 0 spiro atoms. The zero-order valence-corrected chi connectivity index (χ0v) is 35.2. The van der Waals surface area contributed by atoms with Crippen LogP contribution in [0.25, 0.3) is 74.7 Å². The largest absolute Gasteiger partial charge is 0.309 e. The molecular weight excluding hydrogens is 779 g/mol. The number of benzene rings is 11. The van der Waals surface area contributed by atoms with Gasteiger partial charge in [-0.3, -0.25) is 0 Å². The first-order valence-corrected chi connectivity index (χ1v) is 22.6. The smallest absolute Gasteiger partial charge is 0.0713 e. The molecule has 0 atom stereocenters. The molecule has 0 saturated carbocycles. The molecule has 1 heterocycles. The third-order valence-corrected chi connectivity index (χ3v) is 14.7. The maximum atomic E-state index is 2.58. The Hall–Kier alpha value is -7.78. The summed E-state index contributed by atoms with van der Waals surface area (Å²) in [6.07, 6.45) is 0. The van der Waals surface area contributed by atoms with Crippen LogP contribution in [0, 0.1) is 0 Å². The van der Waals surface area contributed by atoms with Gasteiger partial charge in [0.05, 0.1) is 11.1 Å². The first-order valence-electron chi connectivity index (χ1n) is 21.8. The van der Waals surface area contributed by atoms with Crippen LogP contribution in [0.15, 0.2) is 237 Å². The molecule has 0 bridgehead atoms. The fraction of sp³-hybridized carbons (Fsp3) is 0.0164. The molecule has 63 heavy (non-hydrogen) atoms. The van der Waals surface area contributed by atoms with E-state index in [0.717, 1.165) is 11.4 Å². The molecule has 0 saturated heterocycles. The van der Waals surface area contributed by atoms with Gasteiger partial charge in [0.25, 0.3) is 0 Å². The molecular formula is C61H39NS. The van der Waals surface area contributed by atoms with Gasteiger partial charge < -0.3 is 4.90 Å². The van der Waals surface area contributed by atoms with Crippen molar-refractivity contribution in [3.63, 3.8) is 0 Å². The van der Waals surface area contributed by atoms with Crippen molar-refractivity contribution in [2.24, 2.45) is 0 Å². The molecule has 1 aromatic heterocycles. The summed E-state index contributed by atoms with van der Waals surface area (Å²) in [6, 6.07) is 88.1. The fourth-order valence-corrected chi connectivity index (χ4v) is 12.0. The zero-order valence-electron chi connectivity index (χ0n) is 34.4. The summed E-state index contributed by atoms with van der Waals surface area (Å²) in [4.78, 5) is 2.58. The molecule has 0 radical (unpaired) electrons. The molecule has 294 valence electrons. The van der Waals surface area contributed by atoms with Gasteiger partial charge in [-0.05, 0) is 102 Å². The van der Waals surface area contributed by atoms with E-state index in [1.165, 1.54) is 103 Å². The molecule has 12 aromatic rings. The topological polar surface area (TPSA) is 3.24 Å². The lowest BCUT2D eigenvalue weighted by atomic mass is 9.68. The zero-order chi connectivity index (χ0) is 41.5. The van der Waals surface area contributed by atoms with Gasteiger partial charge in [0.1, 0.15) is 0 Å². The average Bonchev–Trinajstić information content (AvgIpc) is 3.88. The number of rotatable bonds is 6. The van der Waals surface area contributed by atoms with E-state index in [4.69, 9.17) is 0 Å². The van der Waals surface area contributed by atoms with Crippen LogP contribution in [0.5, 0.6) is 0 Å². The van der Waals surface area contributed by atoms with Crippen molar-refractivity contribution in [3.8, 4) is 22.3 Å². The van der Waals surface area contributed by atoms with Gasteiger partial charge >= 0.3 is 0 Å². The van der Waals surface area contributed by atoms with Gasteiger partial charge in [-0.1, -0.05) is 200 Å². The Labute approximate surface area is 370 Å². The summed E-state index contributed by atoms with van der Waals surface area (Å²) in [5.74, 6) is 0. The summed E-state index contributed by atoms with van der Waals surface area (Å²) < 4.78 is 2.59. The van der Waals surface area contributed by atoms with Crippen molar-refractivity contribution in [3.05, 3.63) is 259 Å². The third kappa shape index (κ3) is 5.29. The monoisotopic (exact) mass is 817 g/mol. The summed E-state index contributed by atoms with van der Waals surface area (Å²) in [7, 11) is 0. The number of fused-ring (bicyclic) bond motifs is 10. The van der Waals surface area contributed by atoms with Crippen molar-refractivity contribution in [2.45, 2.75) is 5.41 Å². The van der Waals surface area contributed by atoms with Crippen LogP contribution in [-0.4, -0.2) is 0 Å². The third-order valence-electron chi connectivity index (χ3n) is 13.5. The standard InChI is InChI=1S/C61H39NS/c1-3-20-41(21-4-1)61(42-22-5-2-6-23-42)55-32-15-13-27-48(55)53-38-43(34-36-56(53)61)62(44-35-37-58-54(39-44)49-28-14-16-33-57(49)63-58)60-52-30-12-10-26-47(52)46-25-9-11-29-51(46)59(60)50-31-17-19-40-18-7-8-24-45(40)50/h1-39H. The Balaban J connectivity index is 1.18. The van der Waals surface area contributed by atoms with Crippen molar-refractivity contribution >= 4 is 80.9 Å². The number of hydrogen-bond donors (Lipinski definition) is 0. The number of anilines is 3. The van der Waals surface area contributed by atoms with Gasteiger partial charge in [0.2, 0.25) is 0 Å². The minimum atomic E-state index is -0.490. The first-order chi connectivity index (χ1) is 31.3. The van der Waals surface area contributed by atoms with E-state index in [9.17, 15) is 0 Å². The summed E-state index contributed by atoms with van der Waals surface area (Å²) >= 11 is 1.87. The van der Waals surface area contributed by atoms with E-state index in [-0.39, 0.29) is 0 Å².